The van der Waals surface area contributed by atoms with Crippen molar-refractivity contribution in [2.45, 2.75) is 12.0 Å². The van der Waals surface area contributed by atoms with Crippen molar-refractivity contribution >= 4 is 28.6 Å². The number of rotatable bonds is 8. The van der Waals surface area contributed by atoms with E-state index in [2.05, 4.69) is 5.10 Å². The number of methoxy groups -OCH3 is 1. The van der Waals surface area contributed by atoms with Crippen LogP contribution in [0.1, 0.15) is 42.8 Å². The van der Waals surface area contributed by atoms with Crippen LogP contribution in [-0.2, 0) is 6.61 Å². The molecule has 0 bridgehead atoms. The summed E-state index contributed by atoms with van der Waals surface area (Å²) < 4.78 is 68.1. The Morgan fingerprint density at radius 3 is 2.21 bits per heavy atom. The van der Waals surface area contributed by atoms with Gasteiger partial charge in [0.25, 0.3) is 5.91 Å². The van der Waals surface area contributed by atoms with Gasteiger partial charge in [-0.3, -0.25) is 9.59 Å². The maximum Gasteiger partial charge on any atom is 0.281 e. The summed E-state index contributed by atoms with van der Waals surface area (Å²) >= 11 is 1.06. The highest BCUT2D eigenvalue weighted by molar-refractivity contribution is 8.14. The van der Waals surface area contributed by atoms with Gasteiger partial charge in [-0.2, -0.15) is 5.10 Å². The summed E-state index contributed by atoms with van der Waals surface area (Å²) in [6, 6.07) is 17.5. The maximum atomic E-state index is 14.7. The molecule has 214 valence electrons. The molecule has 0 fully saturated rings. The number of hydrazone groups is 1. The smallest absolute Gasteiger partial charge is 0.281 e. The van der Waals surface area contributed by atoms with E-state index < -0.39 is 46.0 Å². The van der Waals surface area contributed by atoms with Gasteiger partial charge in [0, 0.05) is 28.8 Å². The number of para-hydroxylation sites is 1. The Labute approximate surface area is 241 Å². The van der Waals surface area contributed by atoms with Crippen LogP contribution in [0.15, 0.2) is 84.0 Å². The van der Waals surface area contributed by atoms with Crippen molar-refractivity contribution < 1.29 is 36.6 Å². The molecular weight excluding hydrogens is 574 g/mol. The Balaban J connectivity index is 1.51. The summed E-state index contributed by atoms with van der Waals surface area (Å²) in [5.41, 5.74) is 6.19. The van der Waals surface area contributed by atoms with Gasteiger partial charge < -0.3 is 15.2 Å². The zero-order valence-electron chi connectivity index (χ0n) is 21.8. The second-order valence-corrected chi connectivity index (χ2v) is 10.1. The minimum atomic E-state index is -1.39. The van der Waals surface area contributed by atoms with Crippen LogP contribution in [0.4, 0.5) is 17.6 Å². The van der Waals surface area contributed by atoms with E-state index in [0.717, 1.165) is 22.3 Å². The molecule has 1 aliphatic heterocycles. The van der Waals surface area contributed by atoms with Crippen molar-refractivity contribution in [2.75, 3.05) is 7.11 Å². The van der Waals surface area contributed by atoms with Crippen LogP contribution < -0.4 is 15.2 Å². The number of hydrogen-bond acceptors (Lipinski definition) is 6. The number of carbonyl (C=O) groups is 2. The minimum Gasteiger partial charge on any atom is -0.492 e. The van der Waals surface area contributed by atoms with Crippen LogP contribution in [0.25, 0.3) is 0 Å². The molecule has 4 aromatic rings. The second kappa shape index (κ2) is 12.0. The summed E-state index contributed by atoms with van der Waals surface area (Å²) in [6.45, 7) is 0.0860. The number of nitrogens with two attached hydrogens (primary N) is 1. The monoisotopic (exact) mass is 595 g/mol. The summed E-state index contributed by atoms with van der Waals surface area (Å²) in [5, 5.41) is 4.45. The van der Waals surface area contributed by atoms with Gasteiger partial charge >= 0.3 is 0 Å². The molecule has 42 heavy (non-hydrogen) atoms. The van der Waals surface area contributed by atoms with E-state index in [1.54, 1.807) is 42.5 Å². The molecule has 4 aromatic carbocycles. The molecule has 0 saturated heterocycles. The molecule has 2 amide bonds. The molecule has 1 heterocycles. The molecule has 1 unspecified atom stereocenters. The molecule has 12 heteroatoms. The van der Waals surface area contributed by atoms with Crippen LogP contribution in [0.5, 0.6) is 11.5 Å². The molecule has 0 saturated carbocycles. The highest BCUT2D eigenvalue weighted by Crippen LogP contribution is 2.48. The first-order chi connectivity index (χ1) is 20.2. The lowest BCUT2D eigenvalue weighted by molar-refractivity contribution is 0.0737. The number of ether oxygens (including phenoxy) is 2. The first-order valence-corrected chi connectivity index (χ1v) is 13.2. The average molecular weight is 596 g/mol. The van der Waals surface area contributed by atoms with Crippen LogP contribution >= 0.6 is 11.8 Å². The molecule has 5 rings (SSSR count). The van der Waals surface area contributed by atoms with E-state index in [-0.39, 0.29) is 23.1 Å². The normalized spacial score (nSPS) is 14.5. The highest BCUT2D eigenvalue weighted by Gasteiger charge is 2.39. The molecule has 0 spiro atoms. The van der Waals surface area contributed by atoms with Gasteiger partial charge in [0.15, 0.2) is 11.5 Å². The Morgan fingerprint density at radius 2 is 1.60 bits per heavy atom. The fraction of sp³-hybridized carbons (Fsp3) is 0.100. The third-order valence-electron chi connectivity index (χ3n) is 6.28. The largest absolute Gasteiger partial charge is 0.492 e. The Bertz CT molecular complexity index is 1680. The van der Waals surface area contributed by atoms with Crippen LogP contribution in [0.2, 0.25) is 0 Å². The predicted molar refractivity (Wildman–Crippen MR) is 148 cm³/mol. The fourth-order valence-corrected chi connectivity index (χ4v) is 5.42. The maximum absolute atomic E-state index is 14.7. The topological polar surface area (TPSA) is 94.2 Å². The predicted octanol–water partition coefficient (Wildman–Crippen LogP) is 6.18. The quantitative estimate of drug-likeness (QED) is 0.246. The second-order valence-electron chi connectivity index (χ2n) is 9.00. The van der Waals surface area contributed by atoms with Crippen molar-refractivity contribution in [1.82, 2.24) is 5.01 Å². The molecule has 1 aliphatic rings. The summed E-state index contributed by atoms with van der Waals surface area (Å²) in [4.78, 5) is 24.9. The molecular formula is C30H21F4N3O4S. The van der Waals surface area contributed by atoms with Crippen molar-refractivity contribution in [3.05, 3.63) is 130 Å². The molecule has 0 aliphatic carbocycles. The zero-order chi connectivity index (χ0) is 30.0. The van der Waals surface area contributed by atoms with Gasteiger partial charge in [-0.05, 0) is 48.0 Å². The van der Waals surface area contributed by atoms with Gasteiger partial charge in [-0.15, -0.1) is 0 Å². The molecule has 1 atom stereocenters. The SMILES string of the molecule is COc1c(OCc2ccc(C(N)=O)cc2)cccc1C1SC(c2ccc(F)cc2)=NN1C(=O)c1c(F)cc(F)cc1F. The highest BCUT2D eigenvalue weighted by atomic mass is 32.2. The number of amides is 2. The standard InChI is InChI=1S/C30H21F4N3O4S/c1-40-26-21(3-2-4-24(26)41-15-16-5-7-17(8-6-16)27(35)38)30-37(29(39)25-22(33)13-20(32)14-23(25)34)36-28(42-30)18-9-11-19(31)12-10-18/h2-14,30H,15H2,1H3,(H2,35,38). The van der Waals surface area contributed by atoms with E-state index >= 15 is 0 Å². The van der Waals surface area contributed by atoms with Crippen LogP contribution in [0, 0.1) is 23.3 Å². The Hall–Kier alpha value is -4.84. The fourth-order valence-electron chi connectivity index (χ4n) is 4.24. The van der Waals surface area contributed by atoms with E-state index in [1.807, 2.05) is 0 Å². The van der Waals surface area contributed by atoms with Crippen LogP contribution in [-0.4, -0.2) is 29.0 Å². The number of thioether (sulfide) groups is 1. The molecule has 0 aromatic heterocycles. The van der Waals surface area contributed by atoms with Gasteiger partial charge in [0.1, 0.15) is 45.9 Å². The summed E-state index contributed by atoms with van der Waals surface area (Å²) in [5.74, 6) is -5.67. The number of benzene rings is 4. The zero-order valence-corrected chi connectivity index (χ0v) is 22.6. The Morgan fingerprint density at radius 1 is 0.929 bits per heavy atom. The molecule has 2 N–H and O–H groups in total. The average Bonchev–Trinajstić information content (AvgIpc) is 3.41. The third-order valence-corrected chi connectivity index (χ3v) is 7.49. The van der Waals surface area contributed by atoms with E-state index in [4.69, 9.17) is 15.2 Å². The summed E-state index contributed by atoms with van der Waals surface area (Å²) in [7, 11) is 1.39. The lowest BCUT2D eigenvalue weighted by atomic mass is 10.1. The van der Waals surface area contributed by atoms with Crippen molar-refractivity contribution in [3.63, 3.8) is 0 Å². The third kappa shape index (κ3) is 5.79. The van der Waals surface area contributed by atoms with Crippen molar-refractivity contribution in [2.24, 2.45) is 10.8 Å². The molecule has 0 radical (unpaired) electrons. The van der Waals surface area contributed by atoms with Gasteiger partial charge in [0.05, 0.1) is 7.11 Å². The van der Waals surface area contributed by atoms with Gasteiger partial charge in [-0.25, -0.2) is 22.6 Å². The number of halogens is 4. The lowest BCUT2D eigenvalue weighted by Gasteiger charge is -2.24. The number of hydrogen-bond donors (Lipinski definition) is 1. The first-order valence-electron chi connectivity index (χ1n) is 12.3. The van der Waals surface area contributed by atoms with E-state index in [9.17, 15) is 27.2 Å². The van der Waals surface area contributed by atoms with Gasteiger partial charge in [0.2, 0.25) is 5.91 Å². The van der Waals surface area contributed by atoms with Crippen molar-refractivity contribution in [3.8, 4) is 11.5 Å². The number of nitrogens with zero attached hydrogens (tertiary/aromatic N) is 2. The van der Waals surface area contributed by atoms with E-state index in [0.29, 0.717) is 28.8 Å². The van der Waals surface area contributed by atoms with Crippen LogP contribution in [0.3, 0.4) is 0 Å². The van der Waals surface area contributed by atoms with E-state index in [1.165, 1.54) is 31.4 Å². The Kier molecular flexibility index (Phi) is 8.16. The molecule has 7 nitrogen and oxygen atoms in total. The lowest BCUT2D eigenvalue weighted by Crippen LogP contribution is -2.28. The van der Waals surface area contributed by atoms with Crippen molar-refractivity contribution in [1.29, 1.82) is 0 Å². The van der Waals surface area contributed by atoms with Gasteiger partial charge in [-0.1, -0.05) is 36.0 Å². The minimum absolute atomic E-state index is 0.0860. The number of carbonyl (C=O) groups excluding carboxylic acids is 2. The summed E-state index contributed by atoms with van der Waals surface area (Å²) in [6.07, 6.45) is 0. The first kappa shape index (κ1) is 28.7. The number of primary amides is 1.